The summed E-state index contributed by atoms with van der Waals surface area (Å²) in [4.78, 5) is 27.0. The molecular weight excluding hydrogens is 338 g/mol. The summed E-state index contributed by atoms with van der Waals surface area (Å²) in [7, 11) is 0. The van der Waals surface area contributed by atoms with E-state index in [1.54, 1.807) is 6.07 Å². The number of carbonyl (C=O) groups is 2. The van der Waals surface area contributed by atoms with Crippen molar-refractivity contribution in [3.05, 3.63) is 29.3 Å². The van der Waals surface area contributed by atoms with Crippen LogP contribution in [0.5, 0.6) is 0 Å². The Kier molecular flexibility index (Phi) is 5.98. The van der Waals surface area contributed by atoms with Crippen molar-refractivity contribution in [3.63, 3.8) is 0 Å². The Morgan fingerprint density at radius 3 is 2.76 bits per heavy atom. The zero-order chi connectivity index (χ0) is 17.8. The average molecular weight is 363 g/mol. The third-order valence-corrected chi connectivity index (χ3v) is 5.65. The van der Waals surface area contributed by atoms with Gasteiger partial charge in [0.2, 0.25) is 0 Å². The molecule has 6 nitrogen and oxygen atoms in total. The predicted molar refractivity (Wildman–Crippen MR) is 100.0 cm³/mol. The molecule has 2 atom stereocenters. The van der Waals surface area contributed by atoms with Gasteiger partial charge in [-0.2, -0.15) is 11.8 Å². The Morgan fingerprint density at radius 1 is 1.32 bits per heavy atom. The molecule has 0 spiro atoms. The molecule has 0 saturated carbocycles. The molecule has 2 heterocycles. The number of carbonyl (C=O) groups excluding carboxylic acids is 2. The van der Waals surface area contributed by atoms with E-state index in [9.17, 15) is 9.59 Å². The van der Waals surface area contributed by atoms with Gasteiger partial charge in [-0.15, -0.1) is 0 Å². The maximum absolute atomic E-state index is 12.7. The van der Waals surface area contributed by atoms with Crippen LogP contribution in [0.3, 0.4) is 0 Å². The third-order valence-electron chi connectivity index (χ3n) is 4.70. The largest absolute Gasteiger partial charge is 0.364 e. The zero-order valence-electron chi connectivity index (χ0n) is 14.5. The third kappa shape index (κ3) is 4.34. The van der Waals surface area contributed by atoms with Gasteiger partial charge in [-0.3, -0.25) is 9.59 Å². The Bertz CT molecular complexity index is 646. The zero-order valence-corrected chi connectivity index (χ0v) is 15.3. The van der Waals surface area contributed by atoms with Crippen LogP contribution in [0.2, 0.25) is 0 Å². The van der Waals surface area contributed by atoms with Crippen LogP contribution in [0.4, 0.5) is 5.69 Å². The van der Waals surface area contributed by atoms with Gasteiger partial charge in [-0.05, 0) is 37.5 Å². The average Bonchev–Trinajstić information content (AvgIpc) is 3.13. The summed E-state index contributed by atoms with van der Waals surface area (Å²) in [5.41, 5.74) is 7.80. The molecule has 0 aromatic heterocycles. The van der Waals surface area contributed by atoms with Gasteiger partial charge in [0.1, 0.15) is 6.10 Å². The molecule has 2 amide bonds. The fourth-order valence-corrected chi connectivity index (χ4v) is 4.03. The number of amides is 2. The minimum absolute atomic E-state index is 0.0242. The second-order valence-corrected chi connectivity index (χ2v) is 7.71. The fraction of sp³-hybridized carbons (Fsp3) is 0.556. The van der Waals surface area contributed by atoms with Gasteiger partial charge in [0.25, 0.3) is 11.8 Å². The molecule has 136 valence electrons. The summed E-state index contributed by atoms with van der Waals surface area (Å²) in [6.45, 7) is 3.89. The first-order valence-corrected chi connectivity index (χ1v) is 9.88. The number of benzene rings is 1. The van der Waals surface area contributed by atoms with Crippen molar-refractivity contribution in [1.82, 2.24) is 4.90 Å². The van der Waals surface area contributed by atoms with Gasteiger partial charge in [-0.25, -0.2) is 0 Å². The highest BCUT2D eigenvalue weighted by atomic mass is 32.2. The number of nitrogens with one attached hydrogen (secondary N) is 1. The molecule has 0 bridgehead atoms. The van der Waals surface area contributed by atoms with Crippen molar-refractivity contribution in [2.75, 3.05) is 36.5 Å². The quantitative estimate of drug-likeness (QED) is 0.849. The number of aryl methyl sites for hydroxylation is 1. The molecule has 0 unspecified atom stereocenters. The van der Waals surface area contributed by atoms with Crippen LogP contribution >= 0.6 is 11.8 Å². The van der Waals surface area contributed by atoms with Crippen molar-refractivity contribution < 1.29 is 14.3 Å². The lowest BCUT2D eigenvalue weighted by Gasteiger charge is -2.26. The summed E-state index contributed by atoms with van der Waals surface area (Å²) in [6.07, 6.45) is 0.976. The molecule has 3 N–H and O–H groups in total. The minimum atomic E-state index is -0.466. The Hall–Kier alpha value is -1.57. The number of thioether (sulfide) groups is 1. The van der Waals surface area contributed by atoms with E-state index in [0.717, 1.165) is 36.6 Å². The fourth-order valence-electron chi connectivity index (χ4n) is 3.12. The van der Waals surface area contributed by atoms with E-state index >= 15 is 0 Å². The van der Waals surface area contributed by atoms with Gasteiger partial charge < -0.3 is 20.7 Å². The highest BCUT2D eigenvalue weighted by Crippen LogP contribution is 2.23. The first kappa shape index (κ1) is 18.2. The summed E-state index contributed by atoms with van der Waals surface area (Å²) in [6, 6.07) is 5.47. The second kappa shape index (κ2) is 8.21. The van der Waals surface area contributed by atoms with Crippen molar-refractivity contribution in [3.8, 4) is 0 Å². The van der Waals surface area contributed by atoms with Crippen LogP contribution in [0.25, 0.3) is 0 Å². The monoisotopic (exact) mass is 363 g/mol. The molecule has 2 saturated heterocycles. The number of nitrogens with zero attached hydrogens (tertiary/aromatic N) is 1. The molecule has 2 aliphatic heterocycles. The Balaban J connectivity index is 1.69. The van der Waals surface area contributed by atoms with Crippen LogP contribution in [0, 0.1) is 6.92 Å². The molecule has 1 aromatic carbocycles. The van der Waals surface area contributed by atoms with Crippen LogP contribution in [-0.2, 0) is 9.53 Å². The van der Waals surface area contributed by atoms with Crippen LogP contribution in [-0.4, -0.2) is 60.1 Å². The van der Waals surface area contributed by atoms with Gasteiger partial charge in [0.15, 0.2) is 0 Å². The van der Waals surface area contributed by atoms with Gasteiger partial charge in [-0.1, -0.05) is 6.07 Å². The number of anilines is 1. The van der Waals surface area contributed by atoms with Crippen LogP contribution in [0.15, 0.2) is 18.2 Å². The summed E-state index contributed by atoms with van der Waals surface area (Å²) < 4.78 is 5.64. The number of rotatable bonds is 4. The number of nitrogens with two attached hydrogens (primary N) is 1. The standard InChI is InChI=1S/C18H25N3O3S/c1-12-2-3-13(18(23)21-6-8-25-9-7-21)10-15(12)20-17(22)16-5-4-14(11-19)24-16/h2-3,10,14,16H,4-9,11,19H2,1H3,(H,20,22)/t14-,16+/m1/s1. The molecule has 1 aromatic rings. The number of ether oxygens (including phenoxy) is 1. The highest BCUT2D eigenvalue weighted by Gasteiger charge is 2.30. The molecular formula is C18H25N3O3S. The van der Waals surface area contributed by atoms with Crippen molar-refractivity contribution >= 4 is 29.3 Å². The van der Waals surface area contributed by atoms with Crippen molar-refractivity contribution in [1.29, 1.82) is 0 Å². The normalized spacial score (nSPS) is 23.5. The molecule has 3 rings (SSSR count). The molecule has 25 heavy (non-hydrogen) atoms. The molecule has 0 radical (unpaired) electrons. The van der Waals surface area contributed by atoms with Gasteiger partial charge in [0, 0.05) is 42.4 Å². The summed E-state index contributed by atoms with van der Waals surface area (Å²) >= 11 is 1.87. The summed E-state index contributed by atoms with van der Waals surface area (Å²) in [5.74, 6) is 1.81. The molecule has 0 aliphatic carbocycles. The predicted octanol–water partition coefficient (Wildman–Crippen LogP) is 1.63. The van der Waals surface area contributed by atoms with E-state index in [-0.39, 0.29) is 17.9 Å². The number of hydrogen-bond acceptors (Lipinski definition) is 5. The van der Waals surface area contributed by atoms with E-state index in [2.05, 4.69) is 5.32 Å². The second-order valence-electron chi connectivity index (χ2n) is 6.48. The van der Waals surface area contributed by atoms with E-state index in [0.29, 0.717) is 24.2 Å². The number of hydrogen-bond donors (Lipinski definition) is 2. The lowest BCUT2D eigenvalue weighted by Crippen LogP contribution is -2.38. The smallest absolute Gasteiger partial charge is 0.253 e. The lowest BCUT2D eigenvalue weighted by atomic mass is 10.1. The maximum atomic E-state index is 12.7. The first-order valence-electron chi connectivity index (χ1n) is 8.72. The van der Waals surface area contributed by atoms with Gasteiger partial charge in [0.05, 0.1) is 6.10 Å². The minimum Gasteiger partial charge on any atom is -0.364 e. The summed E-state index contributed by atoms with van der Waals surface area (Å²) in [5, 5.41) is 2.92. The van der Waals surface area contributed by atoms with Crippen molar-refractivity contribution in [2.24, 2.45) is 5.73 Å². The van der Waals surface area contributed by atoms with E-state index in [4.69, 9.17) is 10.5 Å². The SMILES string of the molecule is Cc1ccc(C(=O)N2CCSCC2)cc1NC(=O)[C@@H]1CC[C@H](CN)O1. The Morgan fingerprint density at radius 2 is 2.08 bits per heavy atom. The van der Waals surface area contributed by atoms with Crippen LogP contribution < -0.4 is 11.1 Å². The highest BCUT2D eigenvalue weighted by molar-refractivity contribution is 7.99. The van der Waals surface area contributed by atoms with E-state index in [1.807, 2.05) is 35.7 Å². The van der Waals surface area contributed by atoms with Crippen molar-refractivity contribution in [2.45, 2.75) is 32.0 Å². The lowest BCUT2D eigenvalue weighted by molar-refractivity contribution is -0.126. The van der Waals surface area contributed by atoms with E-state index < -0.39 is 6.10 Å². The van der Waals surface area contributed by atoms with Gasteiger partial charge >= 0.3 is 0 Å². The molecule has 7 heteroatoms. The maximum Gasteiger partial charge on any atom is 0.253 e. The van der Waals surface area contributed by atoms with Crippen LogP contribution in [0.1, 0.15) is 28.8 Å². The molecule has 2 fully saturated rings. The topological polar surface area (TPSA) is 84.7 Å². The molecule has 2 aliphatic rings. The first-order chi connectivity index (χ1) is 12.1. The Labute approximate surface area is 152 Å². The van der Waals surface area contributed by atoms with E-state index in [1.165, 1.54) is 0 Å².